The summed E-state index contributed by atoms with van der Waals surface area (Å²) < 4.78 is 2.24. The van der Waals surface area contributed by atoms with Gasteiger partial charge in [-0.1, -0.05) is 19.3 Å². The third-order valence-electron chi connectivity index (χ3n) is 3.33. The SMILES string of the molecule is NCC1CCCCCC1n1ccnc1. The molecule has 2 rings (SSSR count). The Labute approximate surface area is 85.3 Å². The molecule has 3 nitrogen and oxygen atoms in total. The lowest BCUT2D eigenvalue weighted by Gasteiger charge is -2.24. The van der Waals surface area contributed by atoms with Gasteiger partial charge in [0, 0.05) is 18.4 Å². The van der Waals surface area contributed by atoms with Gasteiger partial charge >= 0.3 is 0 Å². The molecule has 1 fully saturated rings. The van der Waals surface area contributed by atoms with Crippen LogP contribution in [0, 0.1) is 5.92 Å². The van der Waals surface area contributed by atoms with Crippen molar-refractivity contribution < 1.29 is 0 Å². The molecule has 0 aromatic carbocycles. The molecule has 0 amide bonds. The molecule has 1 heterocycles. The van der Waals surface area contributed by atoms with Crippen molar-refractivity contribution in [3.8, 4) is 0 Å². The highest BCUT2D eigenvalue weighted by atomic mass is 15.1. The Morgan fingerprint density at radius 2 is 2.14 bits per heavy atom. The molecule has 14 heavy (non-hydrogen) atoms. The van der Waals surface area contributed by atoms with Crippen molar-refractivity contribution in [2.45, 2.75) is 38.1 Å². The van der Waals surface area contributed by atoms with E-state index in [1.54, 1.807) is 0 Å². The summed E-state index contributed by atoms with van der Waals surface area (Å²) in [7, 11) is 0. The Morgan fingerprint density at radius 3 is 2.86 bits per heavy atom. The van der Waals surface area contributed by atoms with Gasteiger partial charge in [-0.15, -0.1) is 0 Å². The average molecular weight is 193 g/mol. The molecule has 0 bridgehead atoms. The van der Waals surface area contributed by atoms with E-state index in [9.17, 15) is 0 Å². The van der Waals surface area contributed by atoms with Gasteiger partial charge in [0.15, 0.2) is 0 Å². The van der Waals surface area contributed by atoms with Crippen LogP contribution in [-0.2, 0) is 0 Å². The van der Waals surface area contributed by atoms with Crippen LogP contribution in [0.15, 0.2) is 18.7 Å². The highest BCUT2D eigenvalue weighted by molar-refractivity contribution is 4.86. The van der Waals surface area contributed by atoms with E-state index in [0.717, 1.165) is 6.54 Å². The zero-order valence-corrected chi connectivity index (χ0v) is 8.60. The molecular formula is C11H19N3. The zero-order valence-electron chi connectivity index (χ0n) is 8.60. The van der Waals surface area contributed by atoms with E-state index < -0.39 is 0 Å². The molecule has 1 aromatic rings. The number of rotatable bonds is 2. The summed E-state index contributed by atoms with van der Waals surface area (Å²) in [5.41, 5.74) is 5.84. The van der Waals surface area contributed by atoms with Gasteiger partial charge in [-0.2, -0.15) is 0 Å². The van der Waals surface area contributed by atoms with Gasteiger partial charge < -0.3 is 10.3 Å². The Balaban J connectivity index is 2.12. The lowest BCUT2D eigenvalue weighted by molar-refractivity contribution is 0.317. The summed E-state index contributed by atoms with van der Waals surface area (Å²) in [5.74, 6) is 0.645. The molecule has 2 unspecified atom stereocenters. The Hall–Kier alpha value is -0.830. The number of nitrogens with two attached hydrogens (primary N) is 1. The summed E-state index contributed by atoms with van der Waals surface area (Å²) in [6.07, 6.45) is 12.4. The molecule has 0 aliphatic heterocycles. The molecule has 2 atom stereocenters. The molecule has 2 N–H and O–H groups in total. The standard InChI is InChI=1S/C11H19N3/c12-8-10-4-2-1-3-5-11(10)14-7-6-13-9-14/h6-7,9-11H,1-5,8,12H2. The van der Waals surface area contributed by atoms with Crippen molar-refractivity contribution in [2.24, 2.45) is 11.7 Å². The van der Waals surface area contributed by atoms with E-state index >= 15 is 0 Å². The van der Waals surface area contributed by atoms with E-state index in [0.29, 0.717) is 12.0 Å². The fourth-order valence-corrected chi connectivity index (χ4v) is 2.50. The van der Waals surface area contributed by atoms with Crippen LogP contribution in [-0.4, -0.2) is 16.1 Å². The maximum atomic E-state index is 5.84. The van der Waals surface area contributed by atoms with Gasteiger partial charge in [0.1, 0.15) is 0 Å². The Bertz CT molecular complexity index is 256. The fourth-order valence-electron chi connectivity index (χ4n) is 2.50. The quantitative estimate of drug-likeness (QED) is 0.730. The molecule has 0 spiro atoms. The van der Waals surface area contributed by atoms with Gasteiger partial charge in [-0.05, 0) is 25.3 Å². The van der Waals surface area contributed by atoms with Crippen molar-refractivity contribution in [1.29, 1.82) is 0 Å². The number of aromatic nitrogens is 2. The Morgan fingerprint density at radius 1 is 1.29 bits per heavy atom. The second-order valence-corrected chi connectivity index (χ2v) is 4.21. The van der Waals surface area contributed by atoms with Crippen LogP contribution in [0.1, 0.15) is 38.1 Å². The maximum absolute atomic E-state index is 5.84. The molecule has 1 aromatic heterocycles. The minimum atomic E-state index is 0.588. The van der Waals surface area contributed by atoms with Gasteiger partial charge in [0.25, 0.3) is 0 Å². The molecule has 78 valence electrons. The van der Waals surface area contributed by atoms with Crippen LogP contribution in [0.5, 0.6) is 0 Å². The lowest BCUT2D eigenvalue weighted by atomic mass is 9.95. The predicted molar refractivity (Wildman–Crippen MR) is 56.9 cm³/mol. The van der Waals surface area contributed by atoms with Gasteiger partial charge in [-0.25, -0.2) is 4.98 Å². The van der Waals surface area contributed by atoms with Crippen molar-refractivity contribution in [2.75, 3.05) is 6.54 Å². The van der Waals surface area contributed by atoms with Crippen molar-refractivity contribution in [3.63, 3.8) is 0 Å². The molecule has 0 saturated heterocycles. The molecule has 1 aliphatic rings. The van der Waals surface area contributed by atoms with Gasteiger partial charge in [-0.3, -0.25) is 0 Å². The third kappa shape index (κ3) is 1.98. The number of nitrogens with zero attached hydrogens (tertiary/aromatic N) is 2. The molecule has 0 radical (unpaired) electrons. The smallest absolute Gasteiger partial charge is 0.0948 e. The summed E-state index contributed by atoms with van der Waals surface area (Å²) in [6, 6.07) is 0.588. The van der Waals surface area contributed by atoms with Crippen molar-refractivity contribution >= 4 is 0 Å². The van der Waals surface area contributed by atoms with Crippen LogP contribution in [0.3, 0.4) is 0 Å². The van der Waals surface area contributed by atoms with Crippen LogP contribution in [0.4, 0.5) is 0 Å². The van der Waals surface area contributed by atoms with Crippen LogP contribution >= 0.6 is 0 Å². The zero-order chi connectivity index (χ0) is 9.80. The first kappa shape index (κ1) is 9.71. The second-order valence-electron chi connectivity index (χ2n) is 4.21. The van der Waals surface area contributed by atoms with E-state index in [4.69, 9.17) is 5.73 Å². The first-order valence-corrected chi connectivity index (χ1v) is 5.59. The van der Waals surface area contributed by atoms with Gasteiger partial charge in [0.05, 0.1) is 6.33 Å². The number of hydrogen-bond donors (Lipinski definition) is 1. The average Bonchev–Trinajstić information content (AvgIpc) is 2.63. The van der Waals surface area contributed by atoms with Crippen molar-refractivity contribution in [1.82, 2.24) is 9.55 Å². The first-order chi connectivity index (χ1) is 6.92. The molecule has 1 saturated carbocycles. The van der Waals surface area contributed by atoms with E-state index in [-0.39, 0.29) is 0 Å². The van der Waals surface area contributed by atoms with Crippen LogP contribution in [0.25, 0.3) is 0 Å². The third-order valence-corrected chi connectivity index (χ3v) is 3.33. The highest BCUT2D eigenvalue weighted by Gasteiger charge is 2.23. The largest absolute Gasteiger partial charge is 0.334 e. The Kier molecular flexibility index (Phi) is 3.19. The van der Waals surface area contributed by atoms with Gasteiger partial charge in [0.2, 0.25) is 0 Å². The minimum Gasteiger partial charge on any atom is -0.334 e. The summed E-state index contributed by atoms with van der Waals surface area (Å²) in [6.45, 7) is 0.808. The monoisotopic (exact) mass is 193 g/mol. The van der Waals surface area contributed by atoms with E-state index in [2.05, 4.69) is 15.7 Å². The summed E-state index contributed by atoms with van der Waals surface area (Å²) in [4.78, 5) is 4.12. The fraction of sp³-hybridized carbons (Fsp3) is 0.727. The minimum absolute atomic E-state index is 0.588. The normalized spacial score (nSPS) is 28.6. The lowest BCUT2D eigenvalue weighted by Crippen LogP contribution is -2.24. The van der Waals surface area contributed by atoms with E-state index in [1.165, 1.54) is 32.1 Å². The first-order valence-electron chi connectivity index (χ1n) is 5.59. The van der Waals surface area contributed by atoms with Crippen LogP contribution in [0.2, 0.25) is 0 Å². The highest BCUT2D eigenvalue weighted by Crippen LogP contribution is 2.31. The number of hydrogen-bond acceptors (Lipinski definition) is 2. The topological polar surface area (TPSA) is 43.8 Å². The van der Waals surface area contributed by atoms with E-state index in [1.807, 2.05) is 12.5 Å². The van der Waals surface area contributed by atoms with Crippen molar-refractivity contribution in [3.05, 3.63) is 18.7 Å². The predicted octanol–water partition coefficient (Wildman–Crippen LogP) is 1.96. The summed E-state index contributed by atoms with van der Waals surface area (Å²) >= 11 is 0. The molecule has 1 aliphatic carbocycles. The second kappa shape index (κ2) is 4.60. The van der Waals surface area contributed by atoms with Crippen LogP contribution < -0.4 is 5.73 Å². The molecular weight excluding hydrogens is 174 g/mol. The number of imidazole rings is 1. The molecule has 3 heteroatoms. The maximum Gasteiger partial charge on any atom is 0.0948 e. The summed E-state index contributed by atoms with van der Waals surface area (Å²) in [5, 5.41) is 0.